The molecule has 2 aromatic carbocycles. The number of esters is 1. The van der Waals surface area contributed by atoms with E-state index >= 15 is 0 Å². The number of hydrogen-bond acceptors (Lipinski definition) is 6. The van der Waals surface area contributed by atoms with Crippen molar-refractivity contribution < 1.29 is 27.9 Å². The summed E-state index contributed by atoms with van der Waals surface area (Å²) in [7, 11) is -3.41. The Morgan fingerprint density at radius 2 is 1.77 bits per heavy atom. The van der Waals surface area contributed by atoms with Crippen LogP contribution in [0.4, 0.5) is 5.69 Å². The van der Waals surface area contributed by atoms with Gasteiger partial charge in [0, 0.05) is 15.7 Å². The van der Waals surface area contributed by atoms with Gasteiger partial charge in [-0.25, -0.2) is 13.2 Å². The highest BCUT2D eigenvalue weighted by Crippen LogP contribution is 2.23. The van der Waals surface area contributed by atoms with Crippen LogP contribution in [0.1, 0.15) is 27.6 Å². The van der Waals surface area contributed by atoms with E-state index in [2.05, 4.69) is 20.7 Å². The van der Waals surface area contributed by atoms with Gasteiger partial charge in [0.15, 0.2) is 6.10 Å². The first-order valence-electron chi connectivity index (χ1n) is 7.38. The molecule has 0 aliphatic heterocycles. The highest BCUT2D eigenvalue weighted by atomic mass is 79.9. The molecule has 9 heteroatoms. The number of carbonyl (C=O) groups excluding carboxylic acids is 2. The van der Waals surface area contributed by atoms with E-state index in [0.717, 1.165) is 6.26 Å². The lowest BCUT2D eigenvalue weighted by atomic mass is 10.1. The Morgan fingerprint density at radius 1 is 1.15 bits per heavy atom. The molecule has 1 atom stereocenters. The summed E-state index contributed by atoms with van der Waals surface area (Å²) in [6.07, 6.45) is -0.0695. The number of ketones is 1. The van der Waals surface area contributed by atoms with Crippen molar-refractivity contribution in [2.24, 2.45) is 0 Å². The Labute approximate surface area is 159 Å². The molecule has 26 heavy (non-hydrogen) atoms. The van der Waals surface area contributed by atoms with Gasteiger partial charge in [0.2, 0.25) is 15.8 Å². The number of carbonyl (C=O) groups is 2. The molecule has 1 unspecified atom stereocenters. The lowest BCUT2D eigenvalue weighted by Gasteiger charge is -2.13. The molecule has 0 saturated heterocycles. The lowest BCUT2D eigenvalue weighted by molar-refractivity contribution is 0.0316. The van der Waals surface area contributed by atoms with Crippen LogP contribution in [-0.2, 0) is 14.8 Å². The van der Waals surface area contributed by atoms with Crippen LogP contribution in [0.3, 0.4) is 0 Å². The topological polar surface area (TPSA) is 110 Å². The molecule has 2 N–H and O–H groups in total. The largest absolute Gasteiger partial charge is 0.507 e. The molecule has 0 aliphatic carbocycles. The van der Waals surface area contributed by atoms with Gasteiger partial charge < -0.3 is 9.84 Å². The van der Waals surface area contributed by atoms with Gasteiger partial charge in [-0.1, -0.05) is 15.9 Å². The molecule has 138 valence electrons. The Bertz CT molecular complexity index is 940. The van der Waals surface area contributed by atoms with E-state index in [1.54, 1.807) is 6.07 Å². The van der Waals surface area contributed by atoms with E-state index < -0.39 is 27.9 Å². The molecule has 0 aliphatic rings. The number of ether oxygens (including phenoxy) is 1. The Hall–Kier alpha value is -2.39. The second-order valence-electron chi connectivity index (χ2n) is 5.52. The summed E-state index contributed by atoms with van der Waals surface area (Å²) in [5, 5.41) is 9.73. The average molecular weight is 442 g/mol. The van der Waals surface area contributed by atoms with Crippen LogP contribution < -0.4 is 4.72 Å². The van der Waals surface area contributed by atoms with E-state index in [1.807, 2.05) is 0 Å². The van der Waals surface area contributed by atoms with Crippen LogP contribution in [-0.4, -0.2) is 37.6 Å². The molecule has 0 bridgehead atoms. The van der Waals surface area contributed by atoms with E-state index in [4.69, 9.17) is 4.74 Å². The second-order valence-corrected chi connectivity index (χ2v) is 8.19. The third-order valence-electron chi connectivity index (χ3n) is 3.30. The summed E-state index contributed by atoms with van der Waals surface area (Å²) in [5.74, 6) is -1.55. The van der Waals surface area contributed by atoms with Crippen molar-refractivity contribution in [1.82, 2.24) is 0 Å². The summed E-state index contributed by atoms with van der Waals surface area (Å²) in [6.45, 7) is 1.41. The molecule has 0 fully saturated rings. The van der Waals surface area contributed by atoms with Crippen LogP contribution >= 0.6 is 15.9 Å². The van der Waals surface area contributed by atoms with Crippen molar-refractivity contribution in [1.29, 1.82) is 0 Å². The monoisotopic (exact) mass is 441 g/mol. The van der Waals surface area contributed by atoms with Crippen LogP contribution in [0.5, 0.6) is 5.75 Å². The molecule has 0 saturated carbocycles. The van der Waals surface area contributed by atoms with Crippen molar-refractivity contribution in [3.63, 3.8) is 0 Å². The summed E-state index contributed by atoms with van der Waals surface area (Å²) in [5.41, 5.74) is 0.502. The normalized spacial score (nSPS) is 12.3. The van der Waals surface area contributed by atoms with Gasteiger partial charge in [-0.2, -0.15) is 0 Å². The number of halogens is 1. The Balaban J connectivity index is 2.09. The molecule has 0 heterocycles. The zero-order valence-corrected chi connectivity index (χ0v) is 16.3. The molecule has 0 amide bonds. The van der Waals surface area contributed by atoms with Crippen molar-refractivity contribution in [2.75, 3.05) is 11.0 Å². The number of nitrogens with one attached hydrogen (secondary N) is 1. The number of Topliss-reactive ketones (excluding diaryl/α,β-unsaturated/α-hetero) is 1. The van der Waals surface area contributed by atoms with Gasteiger partial charge in [0.05, 0.1) is 6.26 Å². The first kappa shape index (κ1) is 19.9. The number of phenols is 1. The van der Waals surface area contributed by atoms with Gasteiger partial charge >= 0.3 is 5.97 Å². The highest BCUT2D eigenvalue weighted by molar-refractivity contribution is 9.10. The molecule has 2 aromatic rings. The van der Waals surface area contributed by atoms with Gasteiger partial charge in [0.1, 0.15) is 11.3 Å². The maximum atomic E-state index is 12.4. The van der Waals surface area contributed by atoms with Crippen molar-refractivity contribution in [2.45, 2.75) is 13.0 Å². The minimum absolute atomic E-state index is 0.0632. The van der Waals surface area contributed by atoms with E-state index in [1.165, 1.54) is 43.3 Å². The SMILES string of the molecule is CC(OC(=O)c1cc(Br)ccc1O)C(=O)c1ccc(NS(C)(=O)=O)cc1. The summed E-state index contributed by atoms with van der Waals surface area (Å²) in [4.78, 5) is 24.5. The first-order chi connectivity index (χ1) is 12.1. The zero-order chi connectivity index (χ0) is 19.5. The zero-order valence-electron chi connectivity index (χ0n) is 13.9. The van der Waals surface area contributed by atoms with Crippen LogP contribution in [0.2, 0.25) is 0 Å². The van der Waals surface area contributed by atoms with Gasteiger partial charge in [-0.05, 0) is 49.4 Å². The number of sulfonamides is 1. The molecule has 0 aromatic heterocycles. The minimum atomic E-state index is -3.41. The molecule has 0 radical (unpaired) electrons. The molecular formula is C17H16BrNO6S. The number of aromatic hydroxyl groups is 1. The minimum Gasteiger partial charge on any atom is -0.507 e. The third-order valence-corrected chi connectivity index (χ3v) is 4.40. The predicted octanol–water partition coefficient (Wildman–Crippen LogP) is 2.95. The van der Waals surface area contributed by atoms with Crippen LogP contribution in [0.15, 0.2) is 46.9 Å². The van der Waals surface area contributed by atoms with E-state index in [0.29, 0.717) is 10.2 Å². The maximum absolute atomic E-state index is 12.4. The quantitative estimate of drug-likeness (QED) is 0.526. The van der Waals surface area contributed by atoms with Crippen molar-refractivity contribution >= 4 is 43.4 Å². The number of anilines is 1. The predicted molar refractivity (Wildman–Crippen MR) is 99.9 cm³/mol. The molecule has 7 nitrogen and oxygen atoms in total. The smallest absolute Gasteiger partial charge is 0.342 e. The van der Waals surface area contributed by atoms with E-state index in [-0.39, 0.29) is 16.9 Å². The number of rotatable bonds is 6. The second kappa shape index (κ2) is 7.88. The summed E-state index contributed by atoms with van der Waals surface area (Å²) in [6, 6.07) is 10.0. The van der Waals surface area contributed by atoms with Crippen LogP contribution in [0, 0.1) is 0 Å². The Kier molecular flexibility index (Phi) is 6.04. The molecular weight excluding hydrogens is 426 g/mol. The molecule has 2 rings (SSSR count). The first-order valence-corrected chi connectivity index (χ1v) is 10.1. The average Bonchev–Trinajstić information content (AvgIpc) is 2.55. The standard InChI is InChI=1S/C17H16BrNO6S/c1-10(25-17(22)14-9-12(18)5-8-15(14)20)16(21)11-3-6-13(7-4-11)19-26(2,23)24/h3-10,19-20H,1-2H3. The summed E-state index contributed by atoms with van der Waals surface area (Å²) >= 11 is 3.19. The number of phenolic OH excluding ortho intramolecular Hbond substituents is 1. The molecule has 0 spiro atoms. The maximum Gasteiger partial charge on any atom is 0.342 e. The number of benzene rings is 2. The highest BCUT2D eigenvalue weighted by Gasteiger charge is 2.22. The summed E-state index contributed by atoms with van der Waals surface area (Å²) < 4.78 is 30.3. The van der Waals surface area contributed by atoms with Crippen molar-refractivity contribution in [3.8, 4) is 5.75 Å². The Morgan fingerprint density at radius 3 is 2.35 bits per heavy atom. The van der Waals surface area contributed by atoms with Gasteiger partial charge in [0.25, 0.3) is 0 Å². The third kappa shape index (κ3) is 5.30. The number of hydrogen-bond donors (Lipinski definition) is 2. The van der Waals surface area contributed by atoms with Gasteiger partial charge in [-0.3, -0.25) is 9.52 Å². The fraction of sp³-hybridized carbons (Fsp3) is 0.176. The fourth-order valence-corrected chi connectivity index (χ4v) is 3.03. The fourth-order valence-electron chi connectivity index (χ4n) is 2.10. The van der Waals surface area contributed by atoms with Crippen molar-refractivity contribution in [3.05, 3.63) is 58.1 Å². The van der Waals surface area contributed by atoms with Gasteiger partial charge in [-0.15, -0.1) is 0 Å². The lowest BCUT2D eigenvalue weighted by Crippen LogP contribution is -2.24. The van der Waals surface area contributed by atoms with E-state index in [9.17, 15) is 23.1 Å². The van der Waals surface area contributed by atoms with Crippen LogP contribution in [0.25, 0.3) is 0 Å².